The van der Waals surface area contributed by atoms with Crippen LogP contribution in [0.15, 0.2) is 41.3 Å². The summed E-state index contributed by atoms with van der Waals surface area (Å²) in [4.78, 5) is 13.0. The summed E-state index contributed by atoms with van der Waals surface area (Å²) in [6, 6.07) is 9.32. The van der Waals surface area contributed by atoms with Crippen molar-refractivity contribution in [3.63, 3.8) is 0 Å². The van der Waals surface area contributed by atoms with Gasteiger partial charge in [0.2, 0.25) is 0 Å². The zero-order chi connectivity index (χ0) is 22.0. The lowest BCUT2D eigenvalue weighted by Crippen LogP contribution is -2.39. The number of aromatic nitrogens is 2. The molecule has 1 aliphatic rings. The zero-order valence-corrected chi connectivity index (χ0v) is 19.4. The summed E-state index contributed by atoms with van der Waals surface area (Å²) in [5.41, 5.74) is 1.14. The molecule has 1 heterocycles. The first-order chi connectivity index (χ1) is 14.8. The van der Waals surface area contributed by atoms with Crippen LogP contribution in [0.25, 0.3) is 11.0 Å². The third-order valence-electron chi connectivity index (χ3n) is 5.72. The molecule has 1 aromatic heterocycles. The quantitative estimate of drug-likeness (QED) is 0.527. The zero-order valence-electron chi connectivity index (χ0n) is 17.0. The number of anilines is 1. The van der Waals surface area contributed by atoms with Gasteiger partial charge in [-0.05, 0) is 56.0 Å². The molecule has 1 saturated carbocycles. The second-order valence-corrected chi connectivity index (χ2v) is 10.5. The first-order valence-electron chi connectivity index (χ1n) is 10.2. The number of benzene rings is 2. The van der Waals surface area contributed by atoms with Crippen LogP contribution in [0.1, 0.15) is 49.4 Å². The van der Waals surface area contributed by atoms with Gasteiger partial charge in [0.25, 0.3) is 15.9 Å². The molecule has 0 bridgehead atoms. The molecule has 1 amide bonds. The molecule has 0 spiro atoms. The van der Waals surface area contributed by atoms with E-state index in [0.29, 0.717) is 22.0 Å². The van der Waals surface area contributed by atoms with Crippen molar-refractivity contribution in [1.29, 1.82) is 0 Å². The highest BCUT2D eigenvalue weighted by Gasteiger charge is 2.25. The number of hydrogen-bond donors (Lipinski definition) is 2. The van der Waals surface area contributed by atoms with Crippen LogP contribution in [0.4, 0.5) is 5.69 Å². The van der Waals surface area contributed by atoms with Gasteiger partial charge in [-0.25, -0.2) is 8.42 Å². The second kappa shape index (κ2) is 9.10. The van der Waals surface area contributed by atoms with Gasteiger partial charge in [0.1, 0.15) is 15.9 Å². The van der Waals surface area contributed by atoms with Crippen molar-refractivity contribution in [2.45, 2.75) is 50.0 Å². The number of nitrogens with zero attached hydrogens (tertiary/aromatic N) is 2. The van der Waals surface area contributed by atoms with E-state index in [9.17, 15) is 13.2 Å². The first-order valence-corrected chi connectivity index (χ1v) is 12.8. The number of nitrogens with one attached hydrogen (secondary N) is 2. The topological polar surface area (TPSA) is 101 Å². The summed E-state index contributed by atoms with van der Waals surface area (Å²) in [5.74, 6) is 0.0980. The Hall–Kier alpha value is -2.23. The van der Waals surface area contributed by atoms with E-state index in [-0.39, 0.29) is 28.1 Å². The summed E-state index contributed by atoms with van der Waals surface area (Å²) in [6.45, 7) is 2.00. The van der Waals surface area contributed by atoms with Gasteiger partial charge in [-0.15, -0.1) is 0 Å². The monoisotopic (exact) mass is 478 g/mol. The van der Waals surface area contributed by atoms with Crippen LogP contribution < -0.4 is 10.0 Å². The van der Waals surface area contributed by atoms with E-state index in [1.807, 2.05) is 6.92 Å². The van der Waals surface area contributed by atoms with Crippen LogP contribution in [0.5, 0.6) is 0 Å². The molecule has 7 nitrogen and oxygen atoms in total. The van der Waals surface area contributed by atoms with Crippen LogP contribution in [-0.2, 0) is 10.0 Å². The normalized spacial score (nSPS) is 16.2. The molecule has 1 aliphatic carbocycles. The molecule has 2 aromatic carbocycles. The fraction of sp³-hybridized carbons (Fsp3) is 0.381. The Morgan fingerprint density at radius 2 is 1.94 bits per heavy atom. The Morgan fingerprint density at radius 1 is 1.16 bits per heavy atom. The Bertz CT molecular complexity index is 1210. The number of amides is 1. The highest BCUT2D eigenvalue weighted by molar-refractivity contribution is 7.93. The number of hydrogen-bond acceptors (Lipinski definition) is 6. The lowest BCUT2D eigenvalue weighted by molar-refractivity contribution is 0.0920. The van der Waals surface area contributed by atoms with Crippen LogP contribution in [0.3, 0.4) is 0 Å². The average Bonchev–Trinajstić information content (AvgIpc) is 3.23. The molecule has 4 rings (SSSR count). The van der Waals surface area contributed by atoms with Crippen LogP contribution in [-0.4, -0.2) is 29.1 Å². The summed E-state index contributed by atoms with van der Waals surface area (Å²) in [5, 5.41) is 3.36. The molecule has 10 heteroatoms. The standard InChI is InChI=1S/C21H23ClN4O3S2/c1-13(14-6-3-2-4-7-14)23-21(27)16-11-10-15(22)12-18(16)26-31(28,29)19-9-5-8-17-20(19)25-30-24-17/h5,8-14,26H,2-4,6-7H2,1H3,(H,23,27). The van der Waals surface area contributed by atoms with Gasteiger partial charge in [-0.2, -0.15) is 8.75 Å². The largest absolute Gasteiger partial charge is 0.349 e. The third kappa shape index (κ3) is 4.83. The molecule has 3 aromatic rings. The minimum absolute atomic E-state index is 0.000609. The lowest BCUT2D eigenvalue weighted by atomic mass is 9.84. The van der Waals surface area contributed by atoms with E-state index in [1.165, 1.54) is 37.5 Å². The number of fused-ring (bicyclic) bond motifs is 1. The fourth-order valence-electron chi connectivity index (χ4n) is 4.03. The third-order valence-corrected chi connectivity index (χ3v) is 7.90. The maximum absolute atomic E-state index is 13.1. The number of carbonyl (C=O) groups is 1. The first kappa shape index (κ1) is 22.0. The van der Waals surface area contributed by atoms with E-state index in [4.69, 9.17) is 11.6 Å². The predicted octanol–water partition coefficient (Wildman–Crippen LogP) is 4.84. The SMILES string of the molecule is CC(NC(=O)c1ccc(Cl)cc1NS(=O)(=O)c1cccc2nsnc12)C1CCCCC1. The van der Waals surface area contributed by atoms with Crippen molar-refractivity contribution in [2.24, 2.45) is 5.92 Å². The highest BCUT2D eigenvalue weighted by Crippen LogP contribution is 2.29. The van der Waals surface area contributed by atoms with Gasteiger partial charge in [-0.1, -0.05) is 36.9 Å². The molecule has 2 N–H and O–H groups in total. The average molecular weight is 479 g/mol. The number of rotatable bonds is 6. The summed E-state index contributed by atoms with van der Waals surface area (Å²) < 4.78 is 37.0. The Labute approximate surface area is 190 Å². The molecule has 31 heavy (non-hydrogen) atoms. The van der Waals surface area contributed by atoms with E-state index >= 15 is 0 Å². The van der Waals surface area contributed by atoms with E-state index in [2.05, 4.69) is 18.8 Å². The van der Waals surface area contributed by atoms with Gasteiger partial charge < -0.3 is 5.32 Å². The maximum atomic E-state index is 13.1. The van der Waals surface area contributed by atoms with Crippen molar-refractivity contribution in [1.82, 2.24) is 14.1 Å². The molecule has 1 unspecified atom stereocenters. The van der Waals surface area contributed by atoms with Crippen LogP contribution in [0.2, 0.25) is 5.02 Å². The van der Waals surface area contributed by atoms with Gasteiger partial charge in [0.15, 0.2) is 0 Å². The summed E-state index contributed by atoms with van der Waals surface area (Å²) >= 11 is 7.06. The van der Waals surface area contributed by atoms with E-state index in [1.54, 1.807) is 18.2 Å². The van der Waals surface area contributed by atoms with Crippen molar-refractivity contribution in [2.75, 3.05) is 4.72 Å². The van der Waals surface area contributed by atoms with Gasteiger partial charge >= 0.3 is 0 Å². The van der Waals surface area contributed by atoms with Gasteiger partial charge in [0.05, 0.1) is 23.0 Å². The molecule has 1 fully saturated rings. The number of sulfonamides is 1. The minimum Gasteiger partial charge on any atom is -0.349 e. The van der Waals surface area contributed by atoms with Crippen molar-refractivity contribution in [3.05, 3.63) is 47.0 Å². The van der Waals surface area contributed by atoms with E-state index in [0.717, 1.165) is 24.6 Å². The van der Waals surface area contributed by atoms with Crippen LogP contribution in [0, 0.1) is 5.92 Å². The summed E-state index contributed by atoms with van der Waals surface area (Å²) in [6.07, 6.45) is 5.77. The Morgan fingerprint density at radius 3 is 2.71 bits per heavy atom. The Kier molecular flexibility index (Phi) is 6.45. The Balaban J connectivity index is 1.61. The van der Waals surface area contributed by atoms with Crippen molar-refractivity contribution >= 4 is 56.0 Å². The lowest BCUT2D eigenvalue weighted by Gasteiger charge is -2.28. The van der Waals surface area contributed by atoms with E-state index < -0.39 is 10.0 Å². The molecular formula is C21H23ClN4O3S2. The number of halogens is 1. The molecule has 0 radical (unpaired) electrons. The van der Waals surface area contributed by atoms with Crippen molar-refractivity contribution in [3.8, 4) is 0 Å². The van der Waals surface area contributed by atoms with Gasteiger partial charge in [0, 0.05) is 11.1 Å². The highest BCUT2D eigenvalue weighted by atomic mass is 35.5. The molecule has 1 atom stereocenters. The fourth-order valence-corrected chi connectivity index (χ4v) is 6.04. The van der Waals surface area contributed by atoms with Crippen molar-refractivity contribution < 1.29 is 13.2 Å². The van der Waals surface area contributed by atoms with Gasteiger partial charge in [-0.3, -0.25) is 9.52 Å². The molecule has 164 valence electrons. The second-order valence-electron chi connectivity index (χ2n) is 7.84. The molecule has 0 saturated heterocycles. The van der Waals surface area contributed by atoms with Crippen LogP contribution >= 0.6 is 23.3 Å². The summed E-state index contributed by atoms with van der Waals surface area (Å²) in [7, 11) is -4.02. The number of carbonyl (C=O) groups excluding carboxylic acids is 1. The minimum atomic E-state index is -4.02. The maximum Gasteiger partial charge on any atom is 0.264 e. The smallest absolute Gasteiger partial charge is 0.264 e. The predicted molar refractivity (Wildman–Crippen MR) is 123 cm³/mol. The molecule has 0 aliphatic heterocycles. The molecular weight excluding hydrogens is 456 g/mol.